The van der Waals surface area contributed by atoms with Gasteiger partial charge < -0.3 is 15.7 Å². The zero-order chi connectivity index (χ0) is 15.6. The van der Waals surface area contributed by atoms with Crippen molar-refractivity contribution in [2.75, 3.05) is 17.2 Å². The van der Waals surface area contributed by atoms with Gasteiger partial charge in [-0.3, -0.25) is 0 Å². The first-order valence-electron chi connectivity index (χ1n) is 7.93. The molecule has 1 aromatic rings. The fraction of sp³-hybridized carbons (Fsp3) is 0.750. The van der Waals surface area contributed by atoms with Crippen molar-refractivity contribution in [1.82, 2.24) is 9.97 Å². The van der Waals surface area contributed by atoms with Crippen LogP contribution in [-0.4, -0.2) is 33.3 Å². The maximum Gasteiger partial charge on any atom is 0.136 e. The van der Waals surface area contributed by atoms with Crippen molar-refractivity contribution < 1.29 is 5.11 Å². The summed E-state index contributed by atoms with van der Waals surface area (Å²) in [6.07, 6.45) is 2.94. The number of anilines is 2. The van der Waals surface area contributed by atoms with Crippen LogP contribution < -0.4 is 10.6 Å². The normalized spacial score (nSPS) is 16.7. The van der Waals surface area contributed by atoms with Gasteiger partial charge in [-0.1, -0.05) is 6.92 Å². The average Bonchev–Trinajstić information content (AvgIpc) is 3.23. The van der Waals surface area contributed by atoms with Gasteiger partial charge >= 0.3 is 0 Å². The zero-order valence-corrected chi connectivity index (χ0v) is 13.8. The Labute approximate surface area is 127 Å². The van der Waals surface area contributed by atoms with E-state index in [1.807, 2.05) is 20.8 Å². The summed E-state index contributed by atoms with van der Waals surface area (Å²) in [5.41, 5.74) is 0.587. The van der Waals surface area contributed by atoms with Crippen molar-refractivity contribution in [3.8, 4) is 0 Å². The molecule has 1 aliphatic rings. The molecular formula is C16H28N4O. The van der Waals surface area contributed by atoms with Crippen LogP contribution >= 0.6 is 0 Å². The molecule has 1 aromatic heterocycles. The van der Waals surface area contributed by atoms with Gasteiger partial charge in [0.15, 0.2) is 0 Å². The third kappa shape index (κ3) is 3.84. The number of aromatic nitrogens is 2. The van der Waals surface area contributed by atoms with Crippen LogP contribution in [0.2, 0.25) is 0 Å². The monoisotopic (exact) mass is 292 g/mol. The molecule has 0 radical (unpaired) electrons. The molecule has 1 fully saturated rings. The molecule has 0 amide bonds. The summed E-state index contributed by atoms with van der Waals surface area (Å²) in [6.45, 7) is 10.8. The molecule has 3 N–H and O–H groups in total. The highest BCUT2D eigenvalue weighted by Gasteiger charge is 2.30. The molecule has 5 heteroatoms. The quantitative estimate of drug-likeness (QED) is 0.720. The maximum atomic E-state index is 9.91. The number of rotatable bonds is 7. The van der Waals surface area contributed by atoms with E-state index in [9.17, 15) is 5.11 Å². The van der Waals surface area contributed by atoms with Gasteiger partial charge in [-0.05, 0) is 47.0 Å². The minimum atomic E-state index is -0.469. The smallest absolute Gasteiger partial charge is 0.136 e. The zero-order valence-electron chi connectivity index (χ0n) is 13.8. The summed E-state index contributed by atoms with van der Waals surface area (Å²) in [5, 5.41) is 16.7. The Morgan fingerprint density at radius 1 is 1.29 bits per heavy atom. The molecule has 1 unspecified atom stereocenters. The third-order valence-corrected chi connectivity index (χ3v) is 4.13. The second kappa shape index (κ2) is 6.18. The summed E-state index contributed by atoms with van der Waals surface area (Å²) >= 11 is 0. The Balaban J connectivity index is 2.31. The second-order valence-electron chi connectivity index (χ2n) is 6.63. The van der Waals surface area contributed by atoms with Gasteiger partial charge in [0.25, 0.3) is 0 Å². The average molecular weight is 292 g/mol. The van der Waals surface area contributed by atoms with E-state index in [2.05, 4.69) is 22.5 Å². The number of aliphatic hydroxyl groups is 1. The number of nitrogens with zero attached hydrogens (tertiary/aromatic N) is 2. The summed E-state index contributed by atoms with van der Waals surface area (Å²) in [7, 11) is 0. The summed E-state index contributed by atoms with van der Waals surface area (Å²) < 4.78 is 0. The second-order valence-corrected chi connectivity index (χ2v) is 6.63. The SMILES string of the molecule is CCCNc1nc(C2CC2)nc(NC(C)(C)C(C)O)c1C. The summed E-state index contributed by atoms with van der Waals surface area (Å²) in [5.74, 6) is 3.17. The molecule has 1 atom stereocenters. The Morgan fingerprint density at radius 2 is 1.90 bits per heavy atom. The van der Waals surface area contributed by atoms with E-state index in [0.717, 1.165) is 36.0 Å². The first-order valence-corrected chi connectivity index (χ1v) is 7.93. The lowest BCUT2D eigenvalue weighted by Gasteiger charge is -2.31. The molecular weight excluding hydrogens is 264 g/mol. The number of nitrogens with one attached hydrogen (secondary N) is 2. The molecule has 0 spiro atoms. The first-order chi connectivity index (χ1) is 9.85. The van der Waals surface area contributed by atoms with Crippen molar-refractivity contribution in [2.24, 2.45) is 0 Å². The standard InChI is InChI=1S/C16H28N4O/c1-6-9-17-13-10(2)14(20-16(4,5)11(3)21)19-15(18-13)12-7-8-12/h11-12,21H,6-9H2,1-5H3,(H2,17,18,19,20). The van der Waals surface area contributed by atoms with Gasteiger partial charge in [0.2, 0.25) is 0 Å². The first kappa shape index (κ1) is 16.0. The highest BCUT2D eigenvalue weighted by molar-refractivity contribution is 5.58. The molecule has 118 valence electrons. The van der Waals surface area contributed by atoms with E-state index in [1.165, 1.54) is 12.8 Å². The lowest BCUT2D eigenvalue weighted by Crippen LogP contribution is -2.42. The highest BCUT2D eigenvalue weighted by Crippen LogP contribution is 2.39. The lowest BCUT2D eigenvalue weighted by molar-refractivity contribution is 0.133. The Bertz CT molecular complexity index is 495. The topological polar surface area (TPSA) is 70.1 Å². The molecule has 0 saturated heterocycles. The number of hydrogen-bond acceptors (Lipinski definition) is 5. The molecule has 5 nitrogen and oxygen atoms in total. The van der Waals surface area contributed by atoms with E-state index in [-0.39, 0.29) is 0 Å². The van der Waals surface area contributed by atoms with E-state index in [1.54, 1.807) is 6.92 Å². The van der Waals surface area contributed by atoms with Gasteiger partial charge in [0, 0.05) is 18.0 Å². The molecule has 0 bridgehead atoms. The van der Waals surface area contributed by atoms with Gasteiger partial charge in [-0.2, -0.15) is 0 Å². The Morgan fingerprint density at radius 3 is 2.43 bits per heavy atom. The molecule has 1 aliphatic carbocycles. The maximum absolute atomic E-state index is 9.91. The fourth-order valence-corrected chi connectivity index (χ4v) is 2.00. The van der Waals surface area contributed by atoms with E-state index < -0.39 is 11.6 Å². The van der Waals surface area contributed by atoms with E-state index >= 15 is 0 Å². The minimum Gasteiger partial charge on any atom is -0.391 e. The molecule has 1 heterocycles. The minimum absolute atomic E-state index is 0.429. The van der Waals surface area contributed by atoms with Crippen LogP contribution in [0.25, 0.3) is 0 Å². The molecule has 0 aromatic carbocycles. The van der Waals surface area contributed by atoms with Crippen LogP contribution in [0.4, 0.5) is 11.6 Å². The van der Waals surface area contributed by atoms with Gasteiger partial charge in [0.1, 0.15) is 17.5 Å². The third-order valence-electron chi connectivity index (χ3n) is 4.13. The van der Waals surface area contributed by atoms with Crippen LogP contribution in [0, 0.1) is 6.92 Å². The Hall–Kier alpha value is -1.36. The molecule has 0 aliphatic heterocycles. The van der Waals surface area contributed by atoms with Crippen molar-refractivity contribution >= 4 is 11.6 Å². The van der Waals surface area contributed by atoms with Crippen LogP contribution in [0.3, 0.4) is 0 Å². The van der Waals surface area contributed by atoms with Gasteiger partial charge in [-0.25, -0.2) is 9.97 Å². The summed E-state index contributed by atoms with van der Waals surface area (Å²) in [4.78, 5) is 9.38. The van der Waals surface area contributed by atoms with E-state index in [0.29, 0.717) is 5.92 Å². The van der Waals surface area contributed by atoms with Gasteiger partial charge in [0.05, 0.1) is 11.6 Å². The molecule has 2 rings (SSSR count). The van der Waals surface area contributed by atoms with Crippen molar-refractivity contribution in [3.63, 3.8) is 0 Å². The van der Waals surface area contributed by atoms with E-state index in [4.69, 9.17) is 4.98 Å². The fourth-order valence-electron chi connectivity index (χ4n) is 2.00. The lowest BCUT2D eigenvalue weighted by atomic mass is 9.98. The Kier molecular flexibility index (Phi) is 4.71. The van der Waals surface area contributed by atoms with Crippen LogP contribution in [0.15, 0.2) is 0 Å². The van der Waals surface area contributed by atoms with Crippen molar-refractivity contribution in [1.29, 1.82) is 0 Å². The summed E-state index contributed by atoms with van der Waals surface area (Å²) in [6, 6.07) is 0. The van der Waals surface area contributed by atoms with Crippen LogP contribution in [0.5, 0.6) is 0 Å². The van der Waals surface area contributed by atoms with Crippen LogP contribution in [0.1, 0.15) is 64.3 Å². The molecule has 21 heavy (non-hydrogen) atoms. The predicted octanol–water partition coefficient (Wildman–Crippen LogP) is 3.06. The predicted molar refractivity (Wildman–Crippen MR) is 86.9 cm³/mol. The number of aliphatic hydroxyl groups excluding tert-OH is 1. The van der Waals surface area contributed by atoms with Crippen molar-refractivity contribution in [3.05, 3.63) is 11.4 Å². The van der Waals surface area contributed by atoms with Gasteiger partial charge in [-0.15, -0.1) is 0 Å². The highest BCUT2D eigenvalue weighted by atomic mass is 16.3. The largest absolute Gasteiger partial charge is 0.391 e. The van der Waals surface area contributed by atoms with Crippen LogP contribution in [-0.2, 0) is 0 Å². The van der Waals surface area contributed by atoms with Crippen molar-refractivity contribution in [2.45, 2.75) is 71.4 Å². The number of hydrogen-bond donors (Lipinski definition) is 3. The molecule has 1 saturated carbocycles.